The molecule has 1 aliphatic rings. The third-order valence-electron chi connectivity index (χ3n) is 2.87. The van der Waals surface area contributed by atoms with Crippen molar-refractivity contribution >= 4 is 23.2 Å². The summed E-state index contributed by atoms with van der Waals surface area (Å²) in [5.41, 5.74) is 0.830. The Labute approximate surface area is 114 Å². The fraction of sp³-hybridized carbons (Fsp3) is 0.500. The van der Waals surface area contributed by atoms with E-state index in [4.69, 9.17) is 14.6 Å². The maximum absolute atomic E-state index is 12.4. The highest BCUT2D eigenvalue weighted by molar-refractivity contribution is 7.12. The topological polar surface area (TPSA) is 76.1 Å². The first kappa shape index (κ1) is 14.0. The first-order valence-corrected chi connectivity index (χ1v) is 6.70. The lowest BCUT2D eigenvalue weighted by Crippen LogP contribution is -2.48. The molecule has 6 nitrogen and oxygen atoms in total. The monoisotopic (exact) mass is 285 g/mol. The molecule has 0 spiro atoms. The van der Waals surface area contributed by atoms with Gasteiger partial charge in [-0.1, -0.05) is 0 Å². The SMILES string of the molecule is COCc1ccsc1C(=O)N1CCOC(C(=O)O)C1. The van der Waals surface area contributed by atoms with Gasteiger partial charge < -0.3 is 19.5 Å². The van der Waals surface area contributed by atoms with Crippen molar-refractivity contribution in [3.05, 3.63) is 21.9 Å². The molecule has 1 saturated heterocycles. The Morgan fingerprint density at radius 3 is 3.11 bits per heavy atom. The van der Waals surface area contributed by atoms with Crippen molar-refractivity contribution in [1.82, 2.24) is 4.90 Å². The van der Waals surface area contributed by atoms with Gasteiger partial charge >= 0.3 is 5.97 Å². The number of methoxy groups -OCH3 is 1. The summed E-state index contributed by atoms with van der Waals surface area (Å²) < 4.78 is 10.1. The number of amides is 1. The second-order valence-corrected chi connectivity index (χ2v) is 5.07. The Kier molecular flexibility index (Phi) is 4.52. The van der Waals surface area contributed by atoms with Gasteiger partial charge in [0.05, 0.1) is 24.6 Å². The van der Waals surface area contributed by atoms with Gasteiger partial charge in [-0.25, -0.2) is 4.79 Å². The fourth-order valence-corrected chi connectivity index (χ4v) is 2.80. The third kappa shape index (κ3) is 3.12. The van der Waals surface area contributed by atoms with E-state index < -0.39 is 12.1 Å². The molecule has 2 rings (SSSR count). The maximum atomic E-state index is 12.4. The molecule has 0 saturated carbocycles. The predicted octanol–water partition coefficient (Wildman–Crippen LogP) is 0.820. The largest absolute Gasteiger partial charge is 0.479 e. The van der Waals surface area contributed by atoms with Crippen LogP contribution in [0.15, 0.2) is 11.4 Å². The van der Waals surface area contributed by atoms with E-state index in [9.17, 15) is 9.59 Å². The molecule has 1 N–H and O–H groups in total. The first-order valence-electron chi connectivity index (χ1n) is 5.82. The van der Waals surface area contributed by atoms with E-state index in [2.05, 4.69) is 0 Å². The molecule has 104 valence electrons. The van der Waals surface area contributed by atoms with E-state index in [1.807, 2.05) is 11.4 Å². The molecule has 1 fully saturated rings. The predicted molar refractivity (Wildman–Crippen MR) is 68.3 cm³/mol. The standard InChI is InChI=1S/C12H15NO5S/c1-17-7-8-2-5-19-10(8)11(14)13-3-4-18-9(6-13)12(15)16/h2,5,9H,3-4,6-7H2,1H3,(H,15,16). The molecule has 1 aliphatic heterocycles. The van der Waals surface area contributed by atoms with Crippen LogP contribution in [0.1, 0.15) is 15.2 Å². The zero-order chi connectivity index (χ0) is 13.8. The average Bonchev–Trinajstić information content (AvgIpc) is 2.86. The lowest BCUT2D eigenvalue weighted by atomic mass is 10.2. The maximum Gasteiger partial charge on any atom is 0.334 e. The van der Waals surface area contributed by atoms with Crippen molar-refractivity contribution in [1.29, 1.82) is 0 Å². The number of nitrogens with zero attached hydrogens (tertiary/aromatic N) is 1. The lowest BCUT2D eigenvalue weighted by Gasteiger charge is -2.30. The van der Waals surface area contributed by atoms with E-state index in [0.717, 1.165) is 5.56 Å². The zero-order valence-electron chi connectivity index (χ0n) is 10.5. The van der Waals surface area contributed by atoms with Crippen LogP contribution in [0.2, 0.25) is 0 Å². The van der Waals surface area contributed by atoms with E-state index in [-0.39, 0.29) is 19.1 Å². The number of carboxylic acid groups (broad SMARTS) is 1. The second kappa shape index (κ2) is 6.14. The molecule has 0 bridgehead atoms. The van der Waals surface area contributed by atoms with Gasteiger partial charge in [-0.2, -0.15) is 0 Å². The highest BCUT2D eigenvalue weighted by Gasteiger charge is 2.30. The summed E-state index contributed by atoms with van der Waals surface area (Å²) in [5, 5.41) is 10.8. The van der Waals surface area contributed by atoms with Crippen LogP contribution in [-0.4, -0.2) is 54.8 Å². The van der Waals surface area contributed by atoms with Crippen LogP contribution in [0.3, 0.4) is 0 Å². The van der Waals surface area contributed by atoms with Gasteiger partial charge in [0.15, 0.2) is 6.10 Å². The summed E-state index contributed by atoms with van der Waals surface area (Å²) >= 11 is 1.34. The first-order chi connectivity index (χ1) is 9.13. The molecule has 1 aromatic rings. The minimum Gasteiger partial charge on any atom is -0.479 e. The Balaban J connectivity index is 2.10. The van der Waals surface area contributed by atoms with Gasteiger partial charge in [0.1, 0.15) is 0 Å². The van der Waals surface area contributed by atoms with Crippen LogP contribution in [0.5, 0.6) is 0 Å². The minimum absolute atomic E-state index is 0.0818. The number of carboxylic acids is 1. The molecule has 0 radical (unpaired) electrons. The quantitative estimate of drug-likeness (QED) is 0.886. The van der Waals surface area contributed by atoms with E-state index in [0.29, 0.717) is 18.0 Å². The van der Waals surface area contributed by atoms with Gasteiger partial charge in [-0.05, 0) is 11.4 Å². The number of aliphatic carboxylic acids is 1. The number of rotatable bonds is 4. The normalized spacial score (nSPS) is 19.4. The summed E-state index contributed by atoms with van der Waals surface area (Å²) in [6.07, 6.45) is -0.941. The number of morpholine rings is 1. The molecular weight excluding hydrogens is 270 g/mol. The minimum atomic E-state index is -1.04. The van der Waals surface area contributed by atoms with Crippen molar-refractivity contribution in [2.45, 2.75) is 12.7 Å². The van der Waals surface area contributed by atoms with Crippen molar-refractivity contribution in [3.8, 4) is 0 Å². The lowest BCUT2D eigenvalue weighted by molar-refractivity contribution is -0.154. The molecule has 7 heteroatoms. The molecule has 19 heavy (non-hydrogen) atoms. The number of thiophene rings is 1. The fourth-order valence-electron chi connectivity index (χ4n) is 1.92. The third-order valence-corrected chi connectivity index (χ3v) is 3.81. The van der Waals surface area contributed by atoms with Crippen LogP contribution in [0.4, 0.5) is 0 Å². The van der Waals surface area contributed by atoms with Crippen LogP contribution < -0.4 is 0 Å². The van der Waals surface area contributed by atoms with Gasteiger partial charge in [-0.15, -0.1) is 11.3 Å². The molecule has 0 aromatic carbocycles. The summed E-state index contributed by atoms with van der Waals surface area (Å²) in [7, 11) is 1.57. The number of ether oxygens (including phenoxy) is 2. The Bertz CT molecular complexity index is 472. The van der Waals surface area contributed by atoms with E-state index in [1.54, 1.807) is 7.11 Å². The number of carbonyl (C=O) groups excluding carboxylic acids is 1. The summed E-state index contributed by atoms with van der Waals surface area (Å²) in [6.45, 7) is 1.11. The Morgan fingerprint density at radius 1 is 1.63 bits per heavy atom. The van der Waals surface area contributed by atoms with Crippen molar-refractivity contribution < 1.29 is 24.2 Å². The molecular formula is C12H15NO5S. The molecule has 0 aliphatic carbocycles. The molecule has 2 heterocycles. The van der Waals surface area contributed by atoms with Crippen LogP contribution in [0, 0.1) is 0 Å². The summed E-state index contributed by atoms with van der Waals surface area (Å²) in [6, 6.07) is 1.84. The van der Waals surface area contributed by atoms with Crippen molar-refractivity contribution in [2.75, 3.05) is 26.8 Å². The molecule has 1 unspecified atom stereocenters. The Hall–Kier alpha value is -1.44. The molecule has 1 atom stereocenters. The number of carbonyl (C=O) groups is 2. The van der Waals surface area contributed by atoms with Gasteiger partial charge in [0, 0.05) is 19.2 Å². The van der Waals surface area contributed by atoms with Gasteiger partial charge in [-0.3, -0.25) is 4.79 Å². The highest BCUT2D eigenvalue weighted by atomic mass is 32.1. The molecule has 1 amide bonds. The average molecular weight is 285 g/mol. The molecule has 1 aromatic heterocycles. The van der Waals surface area contributed by atoms with Crippen LogP contribution in [-0.2, 0) is 20.9 Å². The van der Waals surface area contributed by atoms with Crippen LogP contribution in [0.25, 0.3) is 0 Å². The van der Waals surface area contributed by atoms with E-state index in [1.165, 1.54) is 16.2 Å². The van der Waals surface area contributed by atoms with Crippen molar-refractivity contribution in [2.24, 2.45) is 0 Å². The summed E-state index contributed by atoms with van der Waals surface area (Å²) in [5.74, 6) is -1.20. The van der Waals surface area contributed by atoms with Crippen molar-refractivity contribution in [3.63, 3.8) is 0 Å². The van der Waals surface area contributed by atoms with Gasteiger partial charge in [0.25, 0.3) is 5.91 Å². The smallest absolute Gasteiger partial charge is 0.334 e. The number of hydrogen-bond donors (Lipinski definition) is 1. The van der Waals surface area contributed by atoms with Crippen LogP contribution >= 0.6 is 11.3 Å². The zero-order valence-corrected chi connectivity index (χ0v) is 11.3. The number of hydrogen-bond acceptors (Lipinski definition) is 5. The van der Waals surface area contributed by atoms with Gasteiger partial charge in [0.2, 0.25) is 0 Å². The second-order valence-electron chi connectivity index (χ2n) is 4.16. The summed E-state index contributed by atoms with van der Waals surface area (Å²) in [4.78, 5) is 25.4. The van der Waals surface area contributed by atoms with E-state index >= 15 is 0 Å². The highest BCUT2D eigenvalue weighted by Crippen LogP contribution is 2.21. The Morgan fingerprint density at radius 2 is 2.42 bits per heavy atom.